The Labute approximate surface area is 180 Å². The number of fused-ring (bicyclic) bond motifs is 4. The van der Waals surface area contributed by atoms with Crippen molar-refractivity contribution in [1.82, 2.24) is 5.01 Å². The molecule has 0 spiro atoms. The topological polar surface area (TPSA) is 24.8 Å². The monoisotopic (exact) mass is 410 g/mol. The molecule has 2 aliphatic heterocycles. The fraction of sp³-hybridized carbons (Fsp3) is 0.115. The van der Waals surface area contributed by atoms with Gasteiger partial charge in [-0.3, -0.25) is 0 Å². The van der Waals surface area contributed by atoms with Gasteiger partial charge in [0.05, 0.1) is 11.8 Å². The van der Waals surface area contributed by atoms with E-state index in [0.29, 0.717) is 5.02 Å². The predicted molar refractivity (Wildman–Crippen MR) is 121 cm³/mol. The highest BCUT2D eigenvalue weighted by molar-refractivity contribution is 6.30. The largest absolute Gasteiger partial charge is 0.464 e. The van der Waals surface area contributed by atoms with Gasteiger partial charge >= 0.3 is 0 Å². The number of nitrogens with zero attached hydrogens (tertiary/aromatic N) is 2. The van der Waals surface area contributed by atoms with E-state index in [1.54, 1.807) is 0 Å². The molecule has 3 nitrogen and oxygen atoms in total. The number of rotatable bonds is 2. The van der Waals surface area contributed by atoms with Gasteiger partial charge in [-0.25, -0.2) is 5.01 Å². The Morgan fingerprint density at radius 1 is 0.833 bits per heavy atom. The first-order valence-electron chi connectivity index (χ1n) is 10.1. The van der Waals surface area contributed by atoms with Crippen LogP contribution in [0.4, 0.5) is 0 Å². The van der Waals surface area contributed by atoms with Gasteiger partial charge in [0, 0.05) is 28.1 Å². The molecule has 6 rings (SSSR count). The summed E-state index contributed by atoms with van der Waals surface area (Å²) >= 11 is 6.12. The molecule has 2 heterocycles. The van der Waals surface area contributed by atoms with Crippen molar-refractivity contribution in [2.75, 3.05) is 0 Å². The standard InChI is InChI=1S/C26H19ClN2O/c27-19-14-12-18(13-15-19)26-29-24(22-9-3-4-11-25(22)30-26)16-23(28-29)21-10-5-7-17-6-1-2-8-20(17)21/h1-15,24,26H,16H2. The summed E-state index contributed by atoms with van der Waals surface area (Å²) in [4.78, 5) is 0. The first-order valence-corrected chi connectivity index (χ1v) is 10.5. The van der Waals surface area contributed by atoms with Crippen molar-refractivity contribution < 1.29 is 4.74 Å². The molecule has 0 bridgehead atoms. The van der Waals surface area contributed by atoms with Crippen molar-refractivity contribution in [1.29, 1.82) is 0 Å². The molecular formula is C26H19ClN2O. The van der Waals surface area contributed by atoms with Gasteiger partial charge in [-0.15, -0.1) is 0 Å². The maximum Gasteiger partial charge on any atom is 0.213 e. The second-order valence-corrected chi connectivity index (χ2v) is 8.17. The highest BCUT2D eigenvalue weighted by atomic mass is 35.5. The maximum atomic E-state index is 6.42. The summed E-state index contributed by atoms with van der Waals surface area (Å²) in [5.74, 6) is 0.924. The zero-order chi connectivity index (χ0) is 20.1. The molecule has 30 heavy (non-hydrogen) atoms. The number of ether oxygens (including phenoxy) is 1. The van der Waals surface area contributed by atoms with Crippen LogP contribution >= 0.6 is 11.6 Å². The summed E-state index contributed by atoms with van der Waals surface area (Å²) in [6.45, 7) is 0. The zero-order valence-electron chi connectivity index (χ0n) is 16.2. The molecule has 0 aliphatic carbocycles. The lowest BCUT2D eigenvalue weighted by molar-refractivity contribution is -0.0190. The van der Waals surface area contributed by atoms with Gasteiger partial charge < -0.3 is 4.74 Å². The van der Waals surface area contributed by atoms with Crippen molar-refractivity contribution in [2.45, 2.75) is 18.7 Å². The van der Waals surface area contributed by atoms with Crippen LogP contribution in [0.25, 0.3) is 10.8 Å². The van der Waals surface area contributed by atoms with E-state index in [-0.39, 0.29) is 12.3 Å². The normalized spacial score (nSPS) is 19.8. The molecule has 0 fully saturated rings. The Kier molecular flexibility index (Phi) is 4.03. The van der Waals surface area contributed by atoms with Gasteiger partial charge in [0.25, 0.3) is 0 Å². The third kappa shape index (κ3) is 2.78. The molecular weight excluding hydrogens is 392 g/mol. The van der Waals surface area contributed by atoms with E-state index in [2.05, 4.69) is 59.6 Å². The first kappa shape index (κ1) is 17.5. The Morgan fingerprint density at radius 2 is 1.60 bits per heavy atom. The number of benzene rings is 4. The molecule has 2 aliphatic rings. The van der Waals surface area contributed by atoms with Crippen molar-refractivity contribution in [3.8, 4) is 5.75 Å². The van der Waals surface area contributed by atoms with E-state index in [0.717, 1.165) is 23.4 Å². The quantitative estimate of drug-likeness (QED) is 0.365. The average Bonchev–Trinajstić information content (AvgIpc) is 3.24. The van der Waals surface area contributed by atoms with Gasteiger partial charge in [-0.2, -0.15) is 5.10 Å². The van der Waals surface area contributed by atoms with E-state index in [1.165, 1.54) is 21.9 Å². The van der Waals surface area contributed by atoms with Crippen LogP contribution in [-0.4, -0.2) is 10.7 Å². The summed E-state index contributed by atoms with van der Waals surface area (Å²) in [7, 11) is 0. The number of hydrogen-bond acceptors (Lipinski definition) is 3. The fourth-order valence-electron chi connectivity index (χ4n) is 4.52. The number of halogens is 1. The summed E-state index contributed by atoms with van der Waals surface area (Å²) in [6.07, 6.45) is 0.563. The number of hydrazone groups is 1. The highest BCUT2D eigenvalue weighted by Crippen LogP contribution is 2.47. The third-order valence-corrected chi connectivity index (χ3v) is 6.21. The predicted octanol–water partition coefficient (Wildman–Crippen LogP) is 6.74. The molecule has 146 valence electrons. The van der Waals surface area contributed by atoms with Crippen LogP contribution in [0.5, 0.6) is 5.75 Å². The Morgan fingerprint density at radius 3 is 2.50 bits per heavy atom. The minimum Gasteiger partial charge on any atom is -0.464 e. The lowest BCUT2D eigenvalue weighted by atomic mass is 9.93. The van der Waals surface area contributed by atoms with E-state index in [1.807, 2.05) is 36.4 Å². The lowest BCUT2D eigenvalue weighted by Gasteiger charge is -2.38. The molecule has 4 heteroatoms. The molecule has 2 atom stereocenters. The Hall–Kier alpha value is -3.30. The molecule has 0 saturated carbocycles. The SMILES string of the molecule is Clc1ccc(C2Oc3ccccc3C3CC(c4cccc5ccccc45)=NN32)cc1. The maximum absolute atomic E-state index is 6.42. The van der Waals surface area contributed by atoms with E-state index in [4.69, 9.17) is 21.4 Å². The third-order valence-electron chi connectivity index (χ3n) is 5.95. The summed E-state index contributed by atoms with van der Waals surface area (Å²) in [6, 6.07) is 31.2. The van der Waals surface area contributed by atoms with E-state index in [9.17, 15) is 0 Å². The first-order chi connectivity index (χ1) is 14.8. The van der Waals surface area contributed by atoms with Crippen molar-refractivity contribution in [2.24, 2.45) is 5.10 Å². The molecule has 0 aromatic heterocycles. The van der Waals surface area contributed by atoms with E-state index >= 15 is 0 Å². The Bertz CT molecular complexity index is 1280. The minimum atomic E-state index is -0.283. The molecule has 0 N–H and O–H groups in total. The second-order valence-electron chi connectivity index (χ2n) is 7.73. The fourth-order valence-corrected chi connectivity index (χ4v) is 4.65. The average molecular weight is 411 g/mol. The minimum absolute atomic E-state index is 0.143. The van der Waals surface area contributed by atoms with Crippen LogP contribution in [0.3, 0.4) is 0 Å². The molecule has 0 saturated heterocycles. The summed E-state index contributed by atoms with van der Waals surface area (Å²) < 4.78 is 6.42. The van der Waals surface area contributed by atoms with Crippen LogP contribution in [0.1, 0.15) is 35.4 Å². The van der Waals surface area contributed by atoms with Gasteiger partial charge in [-0.1, -0.05) is 84.4 Å². The zero-order valence-corrected chi connectivity index (χ0v) is 17.0. The molecule has 0 amide bonds. The van der Waals surface area contributed by atoms with Gasteiger partial charge in [-0.05, 0) is 29.0 Å². The van der Waals surface area contributed by atoms with Crippen LogP contribution in [0, 0.1) is 0 Å². The molecule has 4 aromatic rings. The lowest BCUT2D eigenvalue weighted by Crippen LogP contribution is -2.33. The van der Waals surface area contributed by atoms with Crippen molar-refractivity contribution >= 4 is 28.1 Å². The molecule has 2 unspecified atom stereocenters. The van der Waals surface area contributed by atoms with Crippen LogP contribution in [-0.2, 0) is 0 Å². The van der Waals surface area contributed by atoms with Crippen molar-refractivity contribution in [3.63, 3.8) is 0 Å². The molecule has 4 aromatic carbocycles. The number of hydrogen-bond donors (Lipinski definition) is 0. The summed E-state index contributed by atoms with van der Waals surface area (Å²) in [5, 5.41) is 10.4. The van der Waals surface area contributed by atoms with Crippen LogP contribution in [0.15, 0.2) is 96.1 Å². The van der Waals surface area contributed by atoms with Crippen LogP contribution < -0.4 is 4.74 Å². The van der Waals surface area contributed by atoms with Gasteiger partial charge in [0.1, 0.15) is 5.75 Å². The smallest absolute Gasteiger partial charge is 0.213 e. The van der Waals surface area contributed by atoms with Crippen LogP contribution in [0.2, 0.25) is 5.02 Å². The van der Waals surface area contributed by atoms with E-state index < -0.39 is 0 Å². The number of para-hydroxylation sites is 1. The summed E-state index contributed by atoms with van der Waals surface area (Å²) in [5.41, 5.74) is 4.51. The highest BCUT2D eigenvalue weighted by Gasteiger charge is 2.41. The van der Waals surface area contributed by atoms with Gasteiger partial charge in [0.15, 0.2) is 0 Å². The van der Waals surface area contributed by atoms with Crippen molar-refractivity contribution in [3.05, 3.63) is 113 Å². The van der Waals surface area contributed by atoms with Gasteiger partial charge in [0.2, 0.25) is 6.23 Å². The molecule has 0 radical (unpaired) electrons. The second kappa shape index (κ2) is 6.89. The Balaban J connectivity index is 1.49.